The lowest BCUT2D eigenvalue weighted by Crippen LogP contribution is -2.53. The van der Waals surface area contributed by atoms with Gasteiger partial charge in [-0.1, -0.05) is 12.1 Å². The molecule has 2 aliphatic rings. The molecule has 0 unspecified atom stereocenters. The van der Waals surface area contributed by atoms with Crippen molar-refractivity contribution in [3.8, 4) is 23.0 Å². The summed E-state index contributed by atoms with van der Waals surface area (Å²) >= 11 is 0. The summed E-state index contributed by atoms with van der Waals surface area (Å²) in [5.41, 5.74) is 2.51. The molecule has 0 aliphatic carbocycles. The van der Waals surface area contributed by atoms with E-state index in [1.54, 1.807) is 43.3 Å². The molecule has 0 spiro atoms. The van der Waals surface area contributed by atoms with Gasteiger partial charge in [-0.25, -0.2) is 31.9 Å². The van der Waals surface area contributed by atoms with E-state index in [1.807, 2.05) is 0 Å². The average molecular weight is 792 g/mol. The fourth-order valence-electron chi connectivity index (χ4n) is 4.80. The second kappa shape index (κ2) is 19.1. The van der Waals surface area contributed by atoms with Gasteiger partial charge in [0.05, 0.1) is 33.3 Å². The summed E-state index contributed by atoms with van der Waals surface area (Å²) in [5, 5.41) is 13.5. The first-order valence-electron chi connectivity index (χ1n) is 15.5. The first-order chi connectivity index (χ1) is 25.0. The molecule has 2 atom stereocenters. The Morgan fingerprint density at radius 1 is 0.736 bits per heavy atom. The van der Waals surface area contributed by atoms with Crippen LogP contribution in [0.1, 0.15) is 18.1 Å². The van der Waals surface area contributed by atoms with E-state index in [0.717, 1.165) is 35.3 Å². The highest BCUT2D eigenvalue weighted by Gasteiger charge is 2.35. The van der Waals surface area contributed by atoms with Crippen LogP contribution in [0.2, 0.25) is 0 Å². The van der Waals surface area contributed by atoms with E-state index in [4.69, 9.17) is 28.9 Å². The largest absolute Gasteiger partial charge is 0.465 e. The van der Waals surface area contributed by atoms with Crippen molar-refractivity contribution >= 4 is 44.1 Å². The van der Waals surface area contributed by atoms with Crippen molar-refractivity contribution in [2.45, 2.75) is 32.1 Å². The SMILES string of the molecule is CCOC(=O)[C@@H](CNC(=O)OC)N(Cc1ccc2c(c1)OCO2)S(C)(=O)=O.COC(=O)NC[C@H](C(=O)NO)N(Cc1ccc2c(c1)OCO2)S(C)(=O)=O. The number of esters is 1. The van der Waals surface area contributed by atoms with E-state index in [9.17, 15) is 36.0 Å². The molecule has 2 aromatic rings. The van der Waals surface area contributed by atoms with Crippen molar-refractivity contribution in [2.24, 2.45) is 0 Å². The van der Waals surface area contributed by atoms with Crippen LogP contribution >= 0.6 is 0 Å². The number of hydrogen-bond acceptors (Lipinski definition) is 16. The third-order valence-electron chi connectivity index (χ3n) is 7.32. The van der Waals surface area contributed by atoms with Crippen molar-refractivity contribution in [1.29, 1.82) is 0 Å². The Balaban J connectivity index is 0.000000286. The van der Waals surface area contributed by atoms with Crippen LogP contribution in [-0.2, 0) is 56.9 Å². The van der Waals surface area contributed by atoms with E-state index >= 15 is 0 Å². The van der Waals surface area contributed by atoms with E-state index in [0.29, 0.717) is 34.1 Å². The highest BCUT2D eigenvalue weighted by molar-refractivity contribution is 7.88. The average Bonchev–Trinajstić information content (AvgIpc) is 3.79. The number of alkyl carbamates (subject to hydrolysis) is 2. The molecule has 0 saturated heterocycles. The molecular formula is C30H41N5O16S2. The number of rotatable bonds is 15. The van der Waals surface area contributed by atoms with Gasteiger partial charge >= 0.3 is 18.2 Å². The minimum absolute atomic E-state index is 0.0627. The number of benzene rings is 2. The summed E-state index contributed by atoms with van der Waals surface area (Å²) in [6.45, 7) is 0.786. The number of nitrogens with zero attached hydrogens (tertiary/aromatic N) is 2. The minimum atomic E-state index is -3.89. The fraction of sp³-hybridized carbons (Fsp3) is 0.467. The molecule has 0 saturated carbocycles. The number of amides is 3. The number of nitrogens with one attached hydrogen (secondary N) is 3. The maximum atomic E-state index is 12.4. The monoisotopic (exact) mass is 791 g/mol. The predicted octanol–water partition coefficient (Wildman–Crippen LogP) is -0.128. The standard InChI is InChI=1S/C16H22N2O8S.C14H19N3O8S/c1-4-24-15(19)12(8-17-16(20)23-2)18(27(3,21)22)9-11-5-6-13-14(7-11)26-10-25-13;1-23-14(19)15-6-10(13(18)16-20)17(26(2,21)22)7-9-3-4-11-12(5-9)25-8-24-11/h5-7,12H,4,8-10H2,1-3H3,(H,17,20);3-5,10,20H,6-8H2,1-2H3,(H,15,19)(H,16,18)/t12-;10-/m11/s1. The highest BCUT2D eigenvalue weighted by atomic mass is 32.2. The fourth-order valence-corrected chi connectivity index (χ4v) is 6.82. The second-order valence-corrected chi connectivity index (χ2v) is 14.9. The van der Waals surface area contributed by atoms with Crippen LogP contribution in [0.15, 0.2) is 36.4 Å². The van der Waals surface area contributed by atoms with Crippen molar-refractivity contribution in [1.82, 2.24) is 24.7 Å². The summed E-state index contributed by atoms with van der Waals surface area (Å²) in [5.74, 6) is 0.233. The molecule has 4 rings (SSSR count). The zero-order valence-corrected chi connectivity index (χ0v) is 31.0. The Bertz CT molecular complexity index is 1840. The van der Waals surface area contributed by atoms with Gasteiger partial charge in [0.1, 0.15) is 12.1 Å². The van der Waals surface area contributed by atoms with Gasteiger partial charge < -0.3 is 43.8 Å². The molecule has 0 fully saturated rings. The first kappa shape index (κ1) is 42.3. The summed E-state index contributed by atoms with van der Waals surface area (Å²) < 4.78 is 85.7. The van der Waals surface area contributed by atoms with Gasteiger partial charge in [-0.05, 0) is 42.3 Å². The van der Waals surface area contributed by atoms with Gasteiger partial charge in [0.25, 0.3) is 5.91 Å². The first-order valence-corrected chi connectivity index (χ1v) is 19.2. The van der Waals surface area contributed by atoms with Gasteiger partial charge in [-0.15, -0.1) is 0 Å². The molecule has 2 heterocycles. The summed E-state index contributed by atoms with van der Waals surface area (Å²) in [6, 6.07) is 7.12. The number of hydroxylamine groups is 1. The zero-order chi connectivity index (χ0) is 39.3. The topological polar surface area (TPSA) is 264 Å². The lowest BCUT2D eigenvalue weighted by atomic mass is 10.2. The summed E-state index contributed by atoms with van der Waals surface area (Å²) in [7, 11) is -5.43. The Morgan fingerprint density at radius 3 is 1.55 bits per heavy atom. The zero-order valence-electron chi connectivity index (χ0n) is 29.4. The van der Waals surface area contributed by atoms with Crippen LogP contribution in [0, 0.1) is 0 Å². The molecule has 294 valence electrons. The number of carbonyl (C=O) groups excluding carboxylic acids is 4. The van der Waals surface area contributed by atoms with Crippen LogP contribution in [0.4, 0.5) is 9.59 Å². The third-order valence-corrected chi connectivity index (χ3v) is 9.79. The number of hydrogen-bond donors (Lipinski definition) is 4. The van der Waals surface area contributed by atoms with Crippen molar-refractivity contribution in [3.63, 3.8) is 0 Å². The van der Waals surface area contributed by atoms with Crippen LogP contribution in [0.3, 0.4) is 0 Å². The normalized spacial score (nSPS) is 14.0. The molecule has 0 bridgehead atoms. The lowest BCUT2D eigenvalue weighted by molar-refractivity contribution is -0.147. The quantitative estimate of drug-likeness (QED) is 0.0792. The Morgan fingerprint density at radius 2 is 1.15 bits per heavy atom. The van der Waals surface area contributed by atoms with Crippen molar-refractivity contribution in [2.75, 3.05) is 60.0 Å². The van der Waals surface area contributed by atoms with E-state index in [-0.39, 0.29) is 39.8 Å². The summed E-state index contributed by atoms with van der Waals surface area (Å²) in [4.78, 5) is 47.0. The molecule has 53 heavy (non-hydrogen) atoms. The van der Waals surface area contributed by atoms with Gasteiger partial charge in [0, 0.05) is 26.2 Å². The maximum Gasteiger partial charge on any atom is 0.406 e. The number of methoxy groups -OCH3 is 2. The van der Waals surface area contributed by atoms with Gasteiger partial charge in [0.15, 0.2) is 23.0 Å². The number of sulfonamides is 2. The van der Waals surface area contributed by atoms with Gasteiger partial charge in [-0.3, -0.25) is 14.8 Å². The molecule has 0 aromatic heterocycles. The predicted molar refractivity (Wildman–Crippen MR) is 181 cm³/mol. The van der Waals surface area contributed by atoms with Crippen molar-refractivity contribution in [3.05, 3.63) is 47.5 Å². The maximum absolute atomic E-state index is 12.4. The van der Waals surface area contributed by atoms with E-state index in [1.165, 1.54) is 5.48 Å². The lowest BCUT2D eigenvalue weighted by Gasteiger charge is -2.28. The van der Waals surface area contributed by atoms with Crippen LogP contribution < -0.4 is 35.1 Å². The molecule has 2 aromatic carbocycles. The Kier molecular flexibility index (Phi) is 15.3. The van der Waals surface area contributed by atoms with Crippen LogP contribution in [0.25, 0.3) is 0 Å². The van der Waals surface area contributed by atoms with Crippen LogP contribution in [0.5, 0.6) is 23.0 Å². The van der Waals surface area contributed by atoms with E-state index in [2.05, 4.69) is 20.1 Å². The summed E-state index contributed by atoms with van der Waals surface area (Å²) in [6.07, 6.45) is 0.248. The molecule has 0 radical (unpaired) electrons. The molecular weight excluding hydrogens is 750 g/mol. The molecule has 4 N–H and O–H groups in total. The molecule has 2 aliphatic heterocycles. The van der Waals surface area contributed by atoms with E-state index < -0.39 is 62.7 Å². The van der Waals surface area contributed by atoms with Gasteiger partial charge in [-0.2, -0.15) is 8.61 Å². The molecule has 21 nitrogen and oxygen atoms in total. The number of fused-ring (bicyclic) bond motifs is 2. The second-order valence-electron chi connectivity index (χ2n) is 11.0. The number of ether oxygens (including phenoxy) is 7. The highest BCUT2D eigenvalue weighted by Crippen LogP contribution is 2.34. The Labute approximate surface area is 305 Å². The van der Waals surface area contributed by atoms with Crippen molar-refractivity contribution < 1.29 is 74.4 Å². The van der Waals surface area contributed by atoms with Crippen LogP contribution in [-0.4, -0.2) is 127 Å². The third kappa shape index (κ3) is 12.2. The molecule has 3 amide bonds. The Hall–Kier alpha value is -5.10. The molecule has 23 heteroatoms. The smallest absolute Gasteiger partial charge is 0.406 e. The number of carbonyl (C=O) groups is 4. The van der Waals surface area contributed by atoms with Gasteiger partial charge in [0.2, 0.25) is 33.6 Å². The minimum Gasteiger partial charge on any atom is -0.465 e.